The second-order valence-corrected chi connectivity index (χ2v) is 9.75. The van der Waals surface area contributed by atoms with Crippen LogP contribution < -0.4 is 20.9 Å². The van der Waals surface area contributed by atoms with Gasteiger partial charge in [0.05, 0.1) is 12.7 Å². The van der Waals surface area contributed by atoms with Crippen LogP contribution in [0.1, 0.15) is 27.0 Å². The lowest BCUT2D eigenvalue weighted by Crippen LogP contribution is -2.37. The van der Waals surface area contributed by atoms with Crippen molar-refractivity contribution in [1.29, 1.82) is 0 Å². The number of nitrogens with zero attached hydrogens (tertiary/aromatic N) is 1. The van der Waals surface area contributed by atoms with Crippen LogP contribution in [-0.2, 0) is 23.4 Å². The number of benzene rings is 1. The van der Waals surface area contributed by atoms with Gasteiger partial charge in [-0.25, -0.2) is 13.8 Å². The molecule has 2 heterocycles. The Hall–Kier alpha value is -2.83. The van der Waals surface area contributed by atoms with E-state index >= 15 is 0 Å². The third kappa shape index (κ3) is 6.86. The predicted octanol–water partition coefficient (Wildman–Crippen LogP) is 1.27. The molecule has 3 N–H and O–H groups in total. The number of hydrogen-bond acceptors (Lipinski definition) is 9. The number of aromatic amines is 1. The number of H-pyrrole nitrogens is 1. The van der Waals surface area contributed by atoms with Crippen molar-refractivity contribution in [3.8, 4) is 5.75 Å². The molecule has 14 heteroatoms. The van der Waals surface area contributed by atoms with Gasteiger partial charge in [-0.15, -0.1) is 0 Å². The van der Waals surface area contributed by atoms with Gasteiger partial charge in [-0.05, 0) is 32.9 Å². The number of carbonyl (C=O) groups is 1. The van der Waals surface area contributed by atoms with Gasteiger partial charge in [-0.3, -0.25) is 23.7 Å². The number of rotatable bonds is 10. The quantitative estimate of drug-likeness (QED) is 0.311. The molecule has 1 aromatic heterocycles. The Morgan fingerprint density at radius 2 is 1.94 bits per heavy atom. The molecule has 1 saturated heterocycles. The summed E-state index contributed by atoms with van der Waals surface area (Å²) in [5.74, 6) is -0.566. The molecule has 0 saturated carbocycles. The van der Waals surface area contributed by atoms with Gasteiger partial charge in [-0.2, -0.15) is 5.09 Å². The highest BCUT2D eigenvalue weighted by molar-refractivity contribution is 7.52. The zero-order chi connectivity index (χ0) is 25.8. The lowest BCUT2D eigenvalue weighted by Gasteiger charge is -2.24. The SMILES string of the molecule is CC(C)OC(=O)[C@H](C)NP(=O)(OC[C@H]1O[C@@H](n2ccc(=O)[nH]c2=O)C(O)[C@H]1F)Oc1ccccc1. The fourth-order valence-corrected chi connectivity index (χ4v) is 4.71. The molecule has 0 aliphatic carbocycles. The zero-order valence-electron chi connectivity index (χ0n) is 19.2. The third-order valence-corrected chi connectivity index (χ3v) is 6.49. The minimum absolute atomic E-state index is 0.148. The first-order valence-electron chi connectivity index (χ1n) is 10.8. The Bertz CT molecular complexity index is 1170. The number of esters is 1. The molecule has 6 atom stereocenters. The van der Waals surface area contributed by atoms with Gasteiger partial charge in [0.25, 0.3) is 5.56 Å². The van der Waals surface area contributed by atoms with Gasteiger partial charge < -0.3 is 19.1 Å². The topological polar surface area (TPSA) is 158 Å². The molecule has 0 amide bonds. The first-order chi connectivity index (χ1) is 16.5. The number of aliphatic hydroxyl groups excluding tert-OH is 1. The maximum absolute atomic E-state index is 14.8. The number of carbonyl (C=O) groups excluding carboxylic acids is 1. The van der Waals surface area contributed by atoms with Crippen molar-refractivity contribution in [3.05, 3.63) is 63.4 Å². The average Bonchev–Trinajstić information content (AvgIpc) is 3.06. The van der Waals surface area contributed by atoms with Crippen LogP contribution in [0.5, 0.6) is 5.75 Å². The normalized spacial score (nSPS) is 24.6. The molecule has 0 spiro atoms. The van der Waals surface area contributed by atoms with Gasteiger partial charge in [0.15, 0.2) is 12.4 Å². The Kier molecular flexibility index (Phi) is 8.62. The molecule has 1 aliphatic heterocycles. The zero-order valence-corrected chi connectivity index (χ0v) is 20.1. The molecule has 1 aliphatic rings. The standard InChI is InChI=1S/C21H27FN3O9P/c1-12(2)32-20(28)13(3)24-35(30,34-14-7-5-4-6-8-14)31-11-15-17(22)18(27)19(33-15)25-10-9-16(26)23-21(25)29/h4-10,12-13,15,17-19,27H,11H2,1-3H3,(H,24,30)(H,23,26,29)/t13-,15+,17-,18?,19+,35?/m0/s1. The first kappa shape index (κ1) is 26.8. The molecule has 2 aromatic rings. The summed E-state index contributed by atoms with van der Waals surface area (Å²) >= 11 is 0. The Morgan fingerprint density at radius 1 is 1.26 bits per heavy atom. The summed E-state index contributed by atoms with van der Waals surface area (Å²) in [4.78, 5) is 37.5. The Balaban J connectivity index is 1.75. The molecule has 3 rings (SSSR count). The Morgan fingerprint density at radius 3 is 2.57 bits per heavy atom. The minimum atomic E-state index is -4.30. The lowest BCUT2D eigenvalue weighted by atomic mass is 10.1. The highest BCUT2D eigenvalue weighted by atomic mass is 31.2. The van der Waals surface area contributed by atoms with Gasteiger partial charge in [-0.1, -0.05) is 18.2 Å². The summed E-state index contributed by atoms with van der Waals surface area (Å²) in [5, 5.41) is 12.7. The van der Waals surface area contributed by atoms with Crippen molar-refractivity contribution < 1.29 is 37.4 Å². The van der Waals surface area contributed by atoms with Crippen LogP contribution in [0.25, 0.3) is 0 Å². The number of ether oxygens (including phenoxy) is 2. The van der Waals surface area contributed by atoms with E-state index in [2.05, 4.69) is 5.09 Å². The fourth-order valence-electron chi connectivity index (χ4n) is 3.21. The van der Waals surface area contributed by atoms with E-state index in [0.717, 1.165) is 16.8 Å². The van der Waals surface area contributed by atoms with E-state index in [-0.39, 0.29) is 5.75 Å². The van der Waals surface area contributed by atoms with Crippen molar-refractivity contribution >= 4 is 13.7 Å². The van der Waals surface area contributed by atoms with Crippen LogP contribution in [0.4, 0.5) is 4.39 Å². The highest BCUT2D eigenvalue weighted by Gasteiger charge is 2.47. The number of hydrogen-bond donors (Lipinski definition) is 3. The second-order valence-electron chi connectivity index (χ2n) is 8.05. The van der Waals surface area contributed by atoms with Gasteiger partial charge >= 0.3 is 19.4 Å². The molecule has 12 nitrogen and oxygen atoms in total. The number of para-hydroxylation sites is 1. The van der Waals surface area contributed by atoms with Crippen LogP contribution in [0.15, 0.2) is 52.2 Å². The largest absolute Gasteiger partial charge is 0.462 e. The van der Waals surface area contributed by atoms with E-state index in [1.54, 1.807) is 32.0 Å². The highest BCUT2D eigenvalue weighted by Crippen LogP contribution is 2.46. The van der Waals surface area contributed by atoms with Crippen LogP contribution in [0.2, 0.25) is 0 Å². The van der Waals surface area contributed by atoms with Crippen molar-refractivity contribution in [2.24, 2.45) is 0 Å². The number of alkyl halides is 1. The van der Waals surface area contributed by atoms with Crippen molar-refractivity contribution in [2.75, 3.05) is 6.61 Å². The number of aliphatic hydroxyl groups is 1. The van der Waals surface area contributed by atoms with Gasteiger partial charge in [0.1, 0.15) is 24.0 Å². The molecule has 1 aromatic carbocycles. The maximum Gasteiger partial charge on any atom is 0.459 e. The van der Waals surface area contributed by atoms with Gasteiger partial charge in [0.2, 0.25) is 0 Å². The van der Waals surface area contributed by atoms with E-state index in [4.69, 9.17) is 18.5 Å². The Labute approximate surface area is 199 Å². The number of nitrogens with one attached hydrogen (secondary N) is 2. The number of aromatic nitrogens is 2. The molecule has 35 heavy (non-hydrogen) atoms. The molecule has 1 fully saturated rings. The van der Waals surface area contributed by atoms with Crippen LogP contribution in [0, 0.1) is 0 Å². The fraction of sp³-hybridized carbons (Fsp3) is 0.476. The summed E-state index contributed by atoms with van der Waals surface area (Å²) in [5.41, 5.74) is -1.59. The van der Waals surface area contributed by atoms with E-state index in [1.807, 2.05) is 4.98 Å². The average molecular weight is 515 g/mol. The first-order valence-corrected chi connectivity index (χ1v) is 12.3. The summed E-state index contributed by atoms with van der Waals surface area (Å²) in [6.07, 6.45) is -6.11. The van der Waals surface area contributed by atoms with E-state index < -0.39 is 68.3 Å². The van der Waals surface area contributed by atoms with Crippen molar-refractivity contribution in [1.82, 2.24) is 14.6 Å². The van der Waals surface area contributed by atoms with E-state index in [0.29, 0.717) is 0 Å². The molecule has 2 unspecified atom stereocenters. The minimum Gasteiger partial charge on any atom is -0.462 e. The molecular weight excluding hydrogens is 488 g/mol. The van der Waals surface area contributed by atoms with E-state index in [9.17, 15) is 28.4 Å². The summed E-state index contributed by atoms with van der Waals surface area (Å²) in [6.45, 7) is 4.02. The summed E-state index contributed by atoms with van der Waals surface area (Å²) < 4.78 is 50.5. The van der Waals surface area contributed by atoms with Crippen LogP contribution in [0.3, 0.4) is 0 Å². The molecule has 192 valence electrons. The lowest BCUT2D eigenvalue weighted by molar-refractivity contribution is -0.149. The summed E-state index contributed by atoms with van der Waals surface area (Å²) in [6, 6.07) is 7.85. The van der Waals surface area contributed by atoms with Crippen LogP contribution >= 0.6 is 7.75 Å². The monoisotopic (exact) mass is 515 g/mol. The molecule has 0 bridgehead atoms. The number of halogens is 1. The van der Waals surface area contributed by atoms with Crippen LogP contribution in [-0.4, -0.2) is 57.8 Å². The molecular formula is C21H27FN3O9P. The maximum atomic E-state index is 14.8. The van der Waals surface area contributed by atoms with Gasteiger partial charge in [0, 0.05) is 12.3 Å². The second kappa shape index (κ2) is 11.3. The van der Waals surface area contributed by atoms with Crippen molar-refractivity contribution in [3.63, 3.8) is 0 Å². The van der Waals surface area contributed by atoms with E-state index in [1.165, 1.54) is 19.1 Å². The summed E-state index contributed by atoms with van der Waals surface area (Å²) in [7, 11) is -4.30. The predicted molar refractivity (Wildman–Crippen MR) is 121 cm³/mol. The third-order valence-electron chi connectivity index (χ3n) is 4.85. The smallest absolute Gasteiger partial charge is 0.459 e. The van der Waals surface area contributed by atoms with Crippen molar-refractivity contribution in [2.45, 2.75) is 57.5 Å². The molecule has 0 radical (unpaired) electrons.